The van der Waals surface area contributed by atoms with Crippen molar-refractivity contribution >= 4 is 29.1 Å². The van der Waals surface area contributed by atoms with Crippen LogP contribution in [0, 0.1) is 0 Å². The molecule has 0 radical (unpaired) electrons. The van der Waals surface area contributed by atoms with Crippen molar-refractivity contribution in [1.29, 1.82) is 0 Å². The number of nitrogen functional groups attached to an aromatic ring is 1. The number of furan rings is 1. The topological polar surface area (TPSA) is 177 Å². The van der Waals surface area contributed by atoms with Gasteiger partial charge in [0.25, 0.3) is 0 Å². The van der Waals surface area contributed by atoms with Crippen LogP contribution in [0.2, 0.25) is 0 Å². The molecular formula is C15H17N7O5. The average Bonchev–Trinajstić information content (AvgIpc) is 3.37. The molecule has 27 heavy (non-hydrogen) atoms. The van der Waals surface area contributed by atoms with Gasteiger partial charge in [-0.15, -0.1) is 0 Å². The minimum absolute atomic E-state index is 0.103. The fraction of sp³-hybridized carbons (Fsp3) is 0.333. The lowest BCUT2D eigenvalue weighted by Gasteiger charge is -2.16. The Hall–Kier alpha value is -3.06. The van der Waals surface area contributed by atoms with E-state index >= 15 is 0 Å². The van der Waals surface area contributed by atoms with Crippen LogP contribution in [0.25, 0.3) is 11.2 Å². The highest BCUT2D eigenvalue weighted by molar-refractivity contribution is 5.83. The van der Waals surface area contributed by atoms with Gasteiger partial charge in [0.05, 0.1) is 31.7 Å². The van der Waals surface area contributed by atoms with E-state index in [2.05, 4.69) is 25.5 Å². The van der Waals surface area contributed by atoms with E-state index in [-0.39, 0.29) is 17.4 Å². The quantitative estimate of drug-likeness (QED) is 0.276. The maximum Gasteiger partial charge on any atom is 0.247 e. The summed E-state index contributed by atoms with van der Waals surface area (Å²) in [5.41, 5.74) is 9.90. The molecular weight excluding hydrogens is 358 g/mol. The molecule has 1 aliphatic heterocycles. The predicted molar refractivity (Wildman–Crippen MR) is 92.7 cm³/mol. The number of nitrogens with zero attached hydrogens (tertiary/aromatic N) is 5. The number of rotatable bonds is 5. The second kappa shape index (κ2) is 6.92. The van der Waals surface area contributed by atoms with Gasteiger partial charge in [-0.25, -0.2) is 10.4 Å². The Balaban J connectivity index is 1.64. The van der Waals surface area contributed by atoms with E-state index in [4.69, 9.17) is 14.9 Å². The third-order valence-corrected chi connectivity index (χ3v) is 4.16. The molecule has 3 aromatic rings. The maximum atomic E-state index is 10.2. The van der Waals surface area contributed by atoms with Crippen LogP contribution in [0.5, 0.6) is 0 Å². The first-order valence-corrected chi connectivity index (χ1v) is 8.02. The molecule has 1 aliphatic rings. The molecule has 0 amide bonds. The Labute approximate surface area is 151 Å². The van der Waals surface area contributed by atoms with Gasteiger partial charge in [-0.1, -0.05) is 0 Å². The zero-order valence-corrected chi connectivity index (χ0v) is 13.9. The van der Waals surface area contributed by atoms with Crippen molar-refractivity contribution in [3.8, 4) is 0 Å². The van der Waals surface area contributed by atoms with Crippen LogP contribution in [-0.4, -0.2) is 66.0 Å². The first-order valence-electron chi connectivity index (χ1n) is 8.02. The van der Waals surface area contributed by atoms with Gasteiger partial charge in [-0.2, -0.15) is 15.1 Å². The highest BCUT2D eigenvalue weighted by Crippen LogP contribution is 2.32. The fourth-order valence-electron chi connectivity index (χ4n) is 2.80. The van der Waals surface area contributed by atoms with Gasteiger partial charge in [0.15, 0.2) is 17.7 Å². The summed E-state index contributed by atoms with van der Waals surface area (Å²) in [4.78, 5) is 12.5. The molecule has 1 saturated heterocycles. The van der Waals surface area contributed by atoms with Crippen molar-refractivity contribution in [1.82, 2.24) is 19.5 Å². The number of aliphatic hydroxyl groups is 3. The lowest BCUT2D eigenvalue weighted by Crippen LogP contribution is -2.33. The number of aliphatic hydroxyl groups excluding tert-OH is 3. The first-order chi connectivity index (χ1) is 13.1. The number of hydrogen-bond acceptors (Lipinski definition) is 11. The molecule has 4 heterocycles. The SMILES string of the molecule is Nc1nc(N/N=C/c2ccoc2)nc2c1ncn2[C@@H]1O[C@H](CO)[C@@H](O)[C@H]1O. The van der Waals surface area contributed by atoms with Crippen molar-refractivity contribution in [2.45, 2.75) is 24.5 Å². The molecule has 0 bridgehead atoms. The largest absolute Gasteiger partial charge is 0.472 e. The van der Waals surface area contributed by atoms with Gasteiger partial charge in [-0.3, -0.25) is 4.57 Å². The van der Waals surface area contributed by atoms with E-state index < -0.39 is 31.1 Å². The number of hydrazone groups is 1. The maximum absolute atomic E-state index is 10.2. The highest BCUT2D eigenvalue weighted by atomic mass is 16.6. The monoisotopic (exact) mass is 375 g/mol. The second-order valence-corrected chi connectivity index (χ2v) is 5.91. The summed E-state index contributed by atoms with van der Waals surface area (Å²) < 4.78 is 11.9. The van der Waals surface area contributed by atoms with Crippen LogP contribution in [0.15, 0.2) is 34.4 Å². The molecule has 4 atom stereocenters. The van der Waals surface area contributed by atoms with Crippen LogP contribution in [-0.2, 0) is 4.74 Å². The highest BCUT2D eigenvalue weighted by Gasteiger charge is 2.44. The summed E-state index contributed by atoms with van der Waals surface area (Å²) >= 11 is 0. The van der Waals surface area contributed by atoms with E-state index in [9.17, 15) is 15.3 Å². The standard InChI is InChI=1S/C15H17N7O5/c16-12-9-13(20-15(19-12)21-18-3-7-1-2-26-5-7)22(6-17-9)14-11(25)10(24)8(4-23)27-14/h1-3,5-6,8,10-11,14,23-25H,4H2,(H3,16,19,20,21)/b18-3+/t8-,10-,11-,14-/m1/s1. The fourth-order valence-corrected chi connectivity index (χ4v) is 2.80. The van der Waals surface area contributed by atoms with E-state index in [1.165, 1.54) is 29.6 Å². The van der Waals surface area contributed by atoms with Gasteiger partial charge in [0.1, 0.15) is 23.8 Å². The molecule has 6 N–H and O–H groups in total. The van der Waals surface area contributed by atoms with Gasteiger partial charge >= 0.3 is 0 Å². The van der Waals surface area contributed by atoms with Crippen LogP contribution < -0.4 is 11.2 Å². The molecule has 0 aliphatic carbocycles. The summed E-state index contributed by atoms with van der Waals surface area (Å²) in [5, 5.41) is 33.4. The zero-order valence-electron chi connectivity index (χ0n) is 13.9. The Morgan fingerprint density at radius 1 is 1.33 bits per heavy atom. The summed E-state index contributed by atoms with van der Waals surface area (Å²) in [7, 11) is 0. The zero-order chi connectivity index (χ0) is 19.0. The number of fused-ring (bicyclic) bond motifs is 1. The van der Waals surface area contributed by atoms with Gasteiger partial charge < -0.3 is 30.2 Å². The molecule has 0 aromatic carbocycles. The van der Waals surface area contributed by atoms with Crippen LogP contribution in [0.1, 0.15) is 11.8 Å². The number of hydrogen-bond donors (Lipinski definition) is 5. The third-order valence-electron chi connectivity index (χ3n) is 4.16. The van der Waals surface area contributed by atoms with Gasteiger partial charge in [-0.05, 0) is 6.07 Å². The lowest BCUT2D eigenvalue weighted by molar-refractivity contribution is -0.0511. The van der Waals surface area contributed by atoms with E-state index in [0.717, 1.165) is 5.56 Å². The van der Waals surface area contributed by atoms with E-state index in [0.29, 0.717) is 5.52 Å². The van der Waals surface area contributed by atoms with Crippen molar-refractivity contribution in [3.05, 3.63) is 30.5 Å². The van der Waals surface area contributed by atoms with Crippen LogP contribution >= 0.6 is 0 Å². The Kier molecular flexibility index (Phi) is 4.45. The molecule has 0 saturated carbocycles. The molecule has 12 heteroatoms. The predicted octanol–water partition coefficient (Wildman–Crippen LogP) is -0.941. The molecule has 0 unspecified atom stereocenters. The number of nitrogens with two attached hydrogens (primary N) is 1. The summed E-state index contributed by atoms with van der Waals surface area (Å²) in [6, 6.07) is 1.72. The second-order valence-electron chi connectivity index (χ2n) is 5.91. The van der Waals surface area contributed by atoms with Crippen LogP contribution in [0.3, 0.4) is 0 Å². The van der Waals surface area contributed by atoms with E-state index in [1.807, 2.05) is 0 Å². The smallest absolute Gasteiger partial charge is 0.247 e. The van der Waals surface area contributed by atoms with Gasteiger partial charge in [0, 0.05) is 5.56 Å². The van der Waals surface area contributed by atoms with Crippen LogP contribution in [0.4, 0.5) is 11.8 Å². The molecule has 3 aromatic heterocycles. The normalized spacial score (nSPS) is 25.6. The number of aromatic nitrogens is 4. The Bertz CT molecular complexity index is 957. The Morgan fingerprint density at radius 3 is 2.89 bits per heavy atom. The molecule has 0 spiro atoms. The van der Waals surface area contributed by atoms with Crippen molar-refractivity contribution in [3.63, 3.8) is 0 Å². The minimum Gasteiger partial charge on any atom is -0.472 e. The van der Waals surface area contributed by atoms with Crippen molar-refractivity contribution in [2.75, 3.05) is 17.8 Å². The third kappa shape index (κ3) is 3.10. The number of ether oxygens (including phenoxy) is 1. The average molecular weight is 375 g/mol. The molecule has 1 fully saturated rings. The summed E-state index contributed by atoms with van der Waals surface area (Å²) in [5.74, 6) is 0.208. The molecule has 142 valence electrons. The summed E-state index contributed by atoms with van der Waals surface area (Å²) in [6.45, 7) is -0.436. The molecule has 12 nitrogen and oxygen atoms in total. The number of nitrogens with one attached hydrogen (secondary N) is 1. The molecule has 4 rings (SSSR count). The number of imidazole rings is 1. The Morgan fingerprint density at radius 2 is 2.19 bits per heavy atom. The minimum atomic E-state index is -1.27. The first kappa shape index (κ1) is 17.4. The summed E-state index contributed by atoms with van der Waals surface area (Å²) in [6.07, 6.45) is 1.49. The van der Waals surface area contributed by atoms with Gasteiger partial charge in [0.2, 0.25) is 5.95 Å². The van der Waals surface area contributed by atoms with Crippen molar-refractivity contribution in [2.24, 2.45) is 5.10 Å². The van der Waals surface area contributed by atoms with Crippen molar-refractivity contribution < 1.29 is 24.5 Å². The van der Waals surface area contributed by atoms with E-state index in [1.54, 1.807) is 6.07 Å². The lowest BCUT2D eigenvalue weighted by atomic mass is 10.1. The number of anilines is 2.